The van der Waals surface area contributed by atoms with E-state index in [1.165, 1.54) is 6.42 Å². The van der Waals surface area contributed by atoms with Crippen LogP contribution in [0.15, 0.2) is 30.6 Å². The van der Waals surface area contributed by atoms with Gasteiger partial charge in [0.05, 0.1) is 6.20 Å². The summed E-state index contributed by atoms with van der Waals surface area (Å²) in [5.74, 6) is 0. The Bertz CT molecular complexity index is 697. The molecule has 0 spiro atoms. The standard InChI is InChI=1S/C19H27N5O/c1-15-16(14-22-23(15)2)13-21-19(25)24-12-6-4-8-18(24)10-9-17-7-3-5-11-20-17/h3,5,7,11,14,18H,4,6,8-10,12-13H2,1-2H3,(H,21,25). The van der Waals surface area contributed by atoms with Crippen LogP contribution in [0.2, 0.25) is 0 Å². The van der Waals surface area contributed by atoms with Gasteiger partial charge in [0.15, 0.2) is 0 Å². The minimum Gasteiger partial charge on any atom is -0.334 e. The minimum atomic E-state index is 0.0361. The van der Waals surface area contributed by atoms with Crippen LogP contribution in [-0.2, 0) is 20.0 Å². The van der Waals surface area contributed by atoms with E-state index in [-0.39, 0.29) is 6.03 Å². The molecule has 6 nitrogen and oxygen atoms in total. The quantitative estimate of drug-likeness (QED) is 0.909. The van der Waals surface area contributed by atoms with Crippen LogP contribution < -0.4 is 5.32 Å². The topological polar surface area (TPSA) is 63.1 Å². The third-order valence-corrected chi connectivity index (χ3v) is 5.11. The van der Waals surface area contributed by atoms with Crippen molar-refractivity contribution >= 4 is 6.03 Å². The van der Waals surface area contributed by atoms with Crippen molar-refractivity contribution in [3.05, 3.63) is 47.5 Å². The smallest absolute Gasteiger partial charge is 0.317 e. The molecule has 6 heteroatoms. The fourth-order valence-corrected chi connectivity index (χ4v) is 3.42. The maximum absolute atomic E-state index is 12.7. The van der Waals surface area contributed by atoms with Crippen LogP contribution in [0.5, 0.6) is 0 Å². The number of hydrogen-bond acceptors (Lipinski definition) is 3. The Hall–Kier alpha value is -2.37. The van der Waals surface area contributed by atoms with Crippen molar-refractivity contribution in [1.29, 1.82) is 0 Å². The third kappa shape index (κ3) is 4.38. The molecule has 0 saturated carbocycles. The molecular formula is C19H27N5O. The van der Waals surface area contributed by atoms with E-state index in [4.69, 9.17) is 0 Å². The van der Waals surface area contributed by atoms with Gasteiger partial charge in [-0.25, -0.2) is 4.79 Å². The number of piperidine rings is 1. The largest absolute Gasteiger partial charge is 0.334 e. The lowest BCUT2D eigenvalue weighted by molar-refractivity contribution is 0.146. The Kier molecular flexibility index (Phi) is 5.68. The van der Waals surface area contributed by atoms with Crippen molar-refractivity contribution in [2.24, 2.45) is 7.05 Å². The summed E-state index contributed by atoms with van der Waals surface area (Å²) in [4.78, 5) is 19.1. The van der Waals surface area contributed by atoms with Crippen molar-refractivity contribution in [3.63, 3.8) is 0 Å². The van der Waals surface area contributed by atoms with E-state index in [1.807, 2.05) is 48.1 Å². The molecule has 3 heterocycles. The third-order valence-electron chi connectivity index (χ3n) is 5.11. The zero-order chi connectivity index (χ0) is 17.6. The molecule has 25 heavy (non-hydrogen) atoms. The van der Waals surface area contributed by atoms with Gasteiger partial charge in [-0.3, -0.25) is 9.67 Å². The van der Waals surface area contributed by atoms with E-state index in [0.29, 0.717) is 12.6 Å². The predicted octanol–water partition coefficient (Wildman–Crippen LogP) is 2.82. The fourth-order valence-electron chi connectivity index (χ4n) is 3.42. The molecule has 1 atom stereocenters. The highest BCUT2D eigenvalue weighted by Gasteiger charge is 2.26. The van der Waals surface area contributed by atoms with Crippen LogP contribution in [0, 0.1) is 6.92 Å². The number of pyridine rings is 1. The molecule has 1 N–H and O–H groups in total. The van der Waals surface area contributed by atoms with Crippen LogP contribution in [0.4, 0.5) is 4.79 Å². The highest BCUT2D eigenvalue weighted by atomic mass is 16.2. The molecule has 2 aromatic heterocycles. The Morgan fingerprint density at radius 1 is 1.36 bits per heavy atom. The second-order valence-corrected chi connectivity index (χ2v) is 6.74. The zero-order valence-electron chi connectivity index (χ0n) is 15.1. The van der Waals surface area contributed by atoms with E-state index >= 15 is 0 Å². The fraction of sp³-hybridized carbons (Fsp3) is 0.526. The maximum Gasteiger partial charge on any atom is 0.317 e. The van der Waals surface area contributed by atoms with E-state index in [9.17, 15) is 4.79 Å². The number of likely N-dealkylation sites (tertiary alicyclic amines) is 1. The van der Waals surface area contributed by atoms with Gasteiger partial charge in [0.2, 0.25) is 0 Å². The molecule has 1 unspecified atom stereocenters. The molecule has 1 saturated heterocycles. The first-order valence-electron chi connectivity index (χ1n) is 9.07. The second-order valence-electron chi connectivity index (χ2n) is 6.74. The van der Waals surface area contributed by atoms with Gasteiger partial charge < -0.3 is 10.2 Å². The van der Waals surface area contributed by atoms with Crippen LogP contribution >= 0.6 is 0 Å². The number of rotatable bonds is 5. The van der Waals surface area contributed by atoms with Gasteiger partial charge in [0.25, 0.3) is 0 Å². The summed E-state index contributed by atoms with van der Waals surface area (Å²) < 4.78 is 1.83. The maximum atomic E-state index is 12.7. The molecule has 1 fully saturated rings. The highest BCUT2D eigenvalue weighted by Crippen LogP contribution is 2.21. The van der Waals surface area contributed by atoms with Gasteiger partial charge in [-0.1, -0.05) is 6.07 Å². The summed E-state index contributed by atoms with van der Waals surface area (Å²) in [6.07, 6.45) is 8.89. The number of hydrogen-bond donors (Lipinski definition) is 1. The lowest BCUT2D eigenvalue weighted by Gasteiger charge is -2.35. The van der Waals surface area contributed by atoms with E-state index in [1.54, 1.807) is 0 Å². The molecule has 0 aliphatic carbocycles. The van der Waals surface area contributed by atoms with Gasteiger partial charge in [-0.2, -0.15) is 5.10 Å². The summed E-state index contributed by atoms with van der Waals surface area (Å²) in [5.41, 5.74) is 3.25. The van der Waals surface area contributed by atoms with E-state index in [2.05, 4.69) is 21.5 Å². The Labute approximate surface area is 149 Å². The van der Waals surface area contributed by atoms with Gasteiger partial charge in [0, 0.05) is 49.3 Å². The average Bonchev–Trinajstić information content (AvgIpc) is 2.97. The molecule has 0 aromatic carbocycles. The highest BCUT2D eigenvalue weighted by molar-refractivity contribution is 5.74. The second kappa shape index (κ2) is 8.14. The number of nitrogens with zero attached hydrogens (tertiary/aromatic N) is 4. The van der Waals surface area contributed by atoms with Crippen LogP contribution in [0.25, 0.3) is 0 Å². The number of amides is 2. The zero-order valence-corrected chi connectivity index (χ0v) is 15.1. The number of carbonyl (C=O) groups is 1. The summed E-state index contributed by atoms with van der Waals surface area (Å²) in [7, 11) is 1.92. The first-order chi connectivity index (χ1) is 12.1. The molecule has 1 aliphatic heterocycles. The van der Waals surface area contributed by atoms with Crippen LogP contribution in [0.3, 0.4) is 0 Å². The molecule has 0 bridgehead atoms. The van der Waals surface area contributed by atoms with Crippen molar-refractivity contribution in [1.82, 2.24) is 25.0 Å². The lowest BCUT2D eigenvalue weighted by atomic mass is 9.97. The summed E-state index contributed by atoms with van der Waals surface area (Å²) in [6, 6.07) is 6.34. The van der Waals surface area contributed by atoms with Crippen LogP contribution in [0.1, 0.15) is 42.6 Å². The Morgan fingerprint density at radius 3 is 2.96 bits per heavy atom. The number of aromatic nitrogens is 3. The van der Waals surface area contributed by atoms with Gasteiger partial charge >= 0.3 is 6.03 Å². The van der Waals surface area contributed by atoms with Crippen molar-refractivity contribution in [2.75, 3.05) is 6.54 Å². The molecule has 2 amide bonds. The Morgan fingerprint density at radius 2 is 2.24 bits per heavy atom. The van der Waals surface area contributed by atoms with Crippen molar-refractivity contribution in [2.45, 2.75) is 51.6 Å². The first-order valence-corrected chi connectivity index (χ1v) is 9.07. The predicted molar refractivity (Wildman–Crippen MR) is 97.1 cm³/mol. The van der Waals surface area contributed by atoms with E-state index in [0.717, 1.165) is 49.2 Å². The van der Waals surface area contributed by atoms with Crippen molar-refractivity contribution < 1.29 is 4.79 Å². The lowest BCUT2D eigenvalue weighted by Crippen LogP contribution is -2.48. The molecule has 134 valence electrons. The Balaban J connectivity index is 1.56. The summed E-state index contributed by atoms with van der Waals surface area (Å²) in [5, 5.41) is 7.30. The molecule has 1 aliphatic rings. The number of nitrogens with one attached hydrogen (secondary N) is 1. The summed E-state index contributed by atoms with van der Waals surface area (Å²) in [6.45, 7) is 3.39. The number of carbonyl (C=O) groups excluding carboxylic acids is 1. The van der Waals surface area contributed by atoms with E-state index < -0.39 is 0 Å². The molecule has 0 radical (unpaired) electrons. The number of urea groups is 1. The van der Waals surface area contributed by atoms with Gasteiger partial charge in [0.1, 0.15) is 0 Å². The normalized spacial score (nSPS) is 17.5. The summed E-state index contributed by atoms with van der Waals surface area (Å²) >= 11 is 0. The van der Waals surface area contributed by atoms with Gasteiger partial charge in [-0.05, 0) is 51.2 Å². The monoisotopic (exact) mass is 341 g/mol. The van der Waals surface area contributed by atoms with Crippen LogP contribution in [-0.4, -0.2) is 38.3 Å². The SMILES string of the molecule is Cc1c(CNC(=O)N2CCCCC2CCc2ccccn2)cnn1C. The first kappa shape index (κ1) is 17.5. The molecule has 2 aromatic rings. The average molecular weight is 341 g/mol. The minimum absolute atomic E-state index is 0.0361. The van der Waals surface area contributed by atoms with Gasteiger partial charge in [-0.15, -0.1) is 0 Å². The number of aryl methyl sites for hydroxylation is 2. The van der Waals surface area contributed by atoms with Crippen molar-refractivity contribution in [3.8, 4) is 0 Å². The molecular weight excluding hydrogens is 314 g/mol. The molecule has 3 rings (SSSR count).